The maximum Gasteiger partial charge on any atom is 0.347 e. The summed E-state index contributed by atoms with van der Waals surface area (Å²) in [6.07, 6.45) is 11.0. The number of nitrogens with one attached hydrogen (secondary N) is 1. The number of sulfone groups is 1. The molecule has 0 spiro atoms. The Morgan fingerprint density at radius 1 is 0.939 bits per heavy atom. The van der Waals surface area contributed by atoms with Gasteiger partial charge in [-0.25, -0.2) is 13.2 Å². The summed E-state index contributed by atoms with van der Waals surface area (Å²) in [4.78, 5) is 24.9. The largest absolute Gasteiger partial charge is 0.370 e. The maximum atomic E-state index is 12.1. The number of nitrogens with two attached hydrogens (primary N) is 1. The van der Waals surface area contributed by atoms with Gasteiger partial charge in [-0.15, -0.1) is 11.3 Å². The summed E-state index contributed by atoms with van der Waals surface area (Å²) in [7, 11) is -1.81. The molecule has 0 fully saturated rings. The smallest absolute Gasteiger partial charge is 0.347 e. The zero-order valence-corrected chi connectivity index (χ0v) is 28.6. The van der Waals surface area contributed by atoms with Crippen molar-refractivity contribution in [2.75, 3.05) is 18.9 Å². The van der Waals surface area contributed by atoms with Crippen molar-refractivity contribution in [2.24, 2.45) is 5.73 Å². The molecule has 0 saturated carbocycles. The van der Waals surface area contributed by atoms with Gasteiger partial charge in [0.2, 0.25) is 5.91 Å². The van der Waals surface area contributed by atoms with Gasteiger partial charge in [-0.05, 0) is 94.5 Å². The minimum absolute atomic E-state index is 0.0260. The fourth-order valence-corrected chi connectivity index (χ4v) is 8.64. The molecule has 9 nitrogen and oxygen atoms in total. The van der Waals surface area contributed by atoms with Gasteiger partial charge in [0.25, 0.3) is 0 Å². The number of allylic oxidation sites excluding steroid dienone is 3. The Morgan fingerprint density at radius 3 is 2.53 bits per heavy atom. The predicted molar refractivity (Wildman–Crippen MR) is 195 cm³/mol. The number of thiophene rings is 1. The van der Waals surface area contributed by atoms with Crippen LogP contribution in [0.15, 0.2) is 96.4 Å². The third-order valence-corrected chi connectivity index (χ3v) is 11.7. The summed E-state index contributed by atoms with van der Waals surface area (Å²) in [5, 5.41) is 13.7. The van der Waals surface area contributed by atoms with Crippen LogP contribution in [-0.4, -0.2) is 44.7 Å². The lowest BCUT2D eigenvalue weighted by atomic mass is 9.78. The van der Waals surface area contributed by atoms with Crippen molar-refractivity contribution in [3.8, 4) is 21.6 Å². The first-order chi connectivity index (χ1) is 23.6. The molecule has 4 aromatic rings. The van der Waals surface area contributed by atoms with Gasteiger partial charge in [0.05, 0.1) is 10.9 Å². The van der Waals surface area contributed by atoms with Gasteiger partial charge in [-0.2, -0.15) is 5.06 Å². The number of fused-ring (bicyclic) bond motifs is 5. The number of ether oxygens (including phenoxy) is 1. The van der Waals surface area contributed by atoms with E-state index in [4.69, 9.17) is 10.5 Å². The maximum absolute atomic E-state index is 12.1. The summed E-state index contributed by atoms with van der Waals surface area (Å²) in [6, 6.07) is 24.4. The number of aryl methyl sites for hydroxylation is 1. The second-order valence-corrected chi connectivity index (χ2v) is 15.1. The first-order valence-electron chi connectivity index (χ1n) is 15.9. The molecule has 3 amide bonds. The van der Waals surface area contributed by atoms with Gasteiger partial charge in [-0.3, -0.25) is 10.0 Å². The number of anilines is 1. The number of hydrogen-bond acceptors (Lipinski definition) is 7. The van der Waals surface area contributed by atoms with E-state index in [0.717, 1.165) is 41.5 Å². The van der Waals surface area contributed by atoms with E-state index in [1.54, 1.807) is 23.5 Å². The molecule has 0 radical (unpaired) electrons. The molecule has 2 aliphatic carbocycles. The van der Waals surface area contributed by atoms with E-state index in [0.29, 0.717) is 10.8 Å². The van der Waals surface area contributed by atoms with Crippen LogP contribution in [0.25, 0.3) is 33.2 Å². The molecule has 7 rings (SSSR count). The highest BCUT2D eigenvalue weighted by molar-refractivity contribution is 7.95. The first-order valence-corrected chi connectivity index (χ1v) is 18.3. The minimum Gasteiger partial charge on any atom is -0.370 e. The molecule has 2 heterocycles. The molecule has 49 heavy (non-hydrogen) atoms. The molecule has 1 aliphatic heterocycles. The van der Waals surface area contributed by atoms with Crippen LogP contribution in [0.3, 0.4) is 0 Å². The lowest BCUT2D eigenvalue weighted by molar-refractivity contribution is -0.117. The Kier molecular flexibility index (Phi) is 10.3. The Labute approximate surface area is 289 Å². The lowest BCUT2D eigenvalue weighted by Gasteiger charge is -2.26. The van der Waals surface area contributed by atoms with Crippen LogP contribution in [0.1, 0.15) is 40.0 Å². The average Bonchev–Trinajstić information content (AvgIpc) is 3.61. The summed E-state index contributed by atoms with van der Waals surface area (Å²) >= 11 is 1.74. The fraction of sp³-hybridized carbons (Fsp3) is 0.211. The number of urea groups is 1. The van der Waals surface area contributed by atoms with Crippen LogP contribution in [0.2, 0.25) is 0 Å². The molecule has 0 saturated heterocycles. The lowest BCUT2D eigenvalue weighted by Crippen LogP contribution is -2.38. The van der Waals surface area contributed by atoms with Crippen LogP contribution < -0.4 is 16.1 Å². The van der Waals surface area contributed by atoms with Crippen molar-refractivity contribution < 1.29 is 28.0 Å². The SMILES string of the molecule is COCNC(=O)N(O)c1cccc(-c2ccc(C3=Cc4ccc5c(c4CC3)CCc3ccccc3-5)s2)c1.NC(=O)CC1C=CC=CS1(=O)=O. The van der Waals surface area contributed by atoms with E-state index >= 15 is 0 Å². The number of benzene rings is 3. The number of nitrogens with zero attached hydrogens (tertiary/aromatic N) is 1. The topological polar surface area (TPSA) is 139 Å². The van der Waals surface area contributed by atoms with E-state index in [-0.39, 0.29) is 13.2 Å². The quantitative estimate of drug-likeness (QED) is 0.109. The third-order valence-electron chi connectivity index (χ3n) is 8.78. The predicted octanol–water partition coefficient (Wildman–Crippen LogP) is 6.91. The molecule has 252 valence electrons. The summed E-state index contributed by atoms with van der Waals surface area (Å²) in [5.74, 6) is -0.608. The minimum atomic E-state index is -3.29. The number of carbonyl (C=O) groups excluding carboxylic acids is 2. The molecular weight excluding hydrogens is 659 g/mol. The molecule has 1 aromatic heterocycles. The van der Waals surface area contributed by atoms with Crippen molar-refractivity contribution in [3.63, 3.8) is 0 Å². The van der Waals surface area contributed by atoms with Crippen LogP contribution in [0.4, 0.5) is 10.5 Å². The molecule has 1 unspecified atom stereocenters. The molecule has 1 atom stereocenters. The number of hydroxylamine groups is 1. The van der Waals surface area contributed by atoms with Gasteiger partial charge < -0.3 is 15.8 Å². The Hall–Kier alpha value is -4.81. The highest BCUT2D eigenvalue weighted by atomic mass is 32.2. The second-order valence-electron chi connectivity index (χ2n) is 11.9. The standard InChI is InChI=1S/C31H28N2O3S.C7H9NO3S/c1-36-19-32-31(34)33(35)24-7-4-6-22(18-24)29-15-16-30(37-29)23-11-12-26-21(17-23)10-14-27-25-8-3-2-5-20(25)9-13-28(26)27;8-7(9)5-6-3-1-2-4-12(6,10)11/h2-8,10,14-18,35H,9,11-13,19H2,1H3,(H,32,34);1-4,6H,5H2,(H2,8,9). The number of primary amides is 1. The van der Waals surface area contributed by atoms with Crippen molar-refractivity contribution in [1.29, 1.82) is 0 Å². The van der Waals surface area contributed by atoms with Crippen molar-refractivity contribution in [3.05, 3.63) is 124 Å². The van der Waals surface area contributed by atoms with Crippen LogP contribution in [0, 0.1) is 0 Å². The highest BCUT2D eigenvalue weighted by Gasteiger charge is 2.24. The molecule has 3 aliphatic rings. The van der Waals surface area contributed by atoms with Crippen LogP contribution >= 0.6 is 11.3 Å². The third kappa shape index (κ3) is 7.60. The first kappa shape index (κ1) is 34.1. The van der Waals surface area contributed by atoms with E-state index < -0.39 is 27.0 Å². The number of rotatable bonds is 7. The normalized spacial score (nSPS) is 16.6. The number of carbonyl (C=O) groups is 2. The summed E-state index contributed by atoms with van der Waals surface area (Å²) in [6.45, 7) is 0.0260. The molecule has 0 bridgehead atoms. The van der Waals surface area contributed by atoms with E-state index in [9.17, 15) is 23.2 Å². The van der Waals surface area contributed by atoms with Crippen molar-refractivity contribution >= 4 is 50.4 Å². The molecule has 4 N–H and O–H groups in total. The van der Waals surface area contributed by atoms with E-state index in [1.807, 2.05) is 18.2 Å². The fourth-order valence-electron chi connectivity index (χ4n) is 6.37. The second kappa shape index (κ2) is 14.8. The van der Waals surface area contributed by atoms with E-state index in [1.165, 1.54) is 63.1 Å². The van der Waals surface area contributed by atoms with E-state index in [2.05, 4.69) is 59.9 Å². The van der Waals surface area contributed by atoms with Crippen molar-refractivity contribution in [1.82, 2.24) is 5.32 Å². The Bertz CT molecular complexity index is 2100. The zero-order chi connectivity index (χ0) is 34.5. The highest BCUT2D eigenvalue weighted by Crippen LogP contribution is 2.42. The summed E-state index contributed by atoms with van der Waals surface area (Å²) in [5.41, 5.74) is 16.2. The van der Waals surface area contributed by atoms with Gasteiger partial charge in [0.1, 0.15) is 6.73 Å². The van der Waals surface area contributed by atoms with Crippen LogP contribution in [-0.2, 0) is 38.6 Å². The van der Waals surface area contributed by atoms with Crippen LogP contribution in [0.5, 0.6) is 0 Å². The molecular formula is C38H37N3O6S2. The summed E-state index contributed by atoms with van der Waals surface area (Å²) < 4.78 is 27.2. The number of methoxy groups -OCH3 is 1. The monoisotopic (exact) mass is 695 g/mol. The number of amides is 3. The average molecular weight is 696 g/mol. The van der Waals surface area contributed by atoms with Gasteiger partial charge in [0.15, 0.2) is 9.84 Å². The van der Waals surface area contributed by atoms with Crippen molar-refractivity contribution in [2.45, 2.75) is 37.4 Å². The molecule has 3 aromatic carbocycles. The zero-order valence-electron chi connectivity index (χ0n) is 27.0. The Morgan fingerprint density at radius 2 is 1.73 bits per heavy atom. The molecule has 11 heteroatoms. The van der Waals surface area contributed by atoms with Gasteiger partial charge >= 0.3 is 6.03 Å². The Balaban J connectivity index is 0.000000295. The number of hydrogen-bond donors (Lipinski definition) is 3. The van der Waals surface area contributed by atoms with Gasteiger partial charge in [0, 0.05) is 28.7 Å². The van der Waals surface area contributed by atoms with Gasteiger partial charge in [-0.1, -0.05) is 72.8 Å².